The predicted molar refractivity (Wildman–Crippen MR) is 64.1 cm³/mol. The molecule has 3 N–H and O–H groups in total. The third-order valence-corrected chi connectivity index (χ3v) is 3.78. The maximum Gasteiger partial charge on any atom is 0.317 e. The Morgan fingerprint density at radius 1 is 1.25 bits per heavy atom. The molecule has 2 rings (SSSR count). The average Bonchev–Trinajstić information content (AvgIpc) is 2.74. The van der Waals surface area contributed by atoms with Gasteiger partial charge in [-0.2, -0.15) is 0 Å². The molecule has 0 aromatic heterocycles. The molecule has 1 saturated carbocycles. The first kappa shape index (κ1) is 11.7. The van der Waals surface area contributed by atoms with Gasteiger partial charge in [0.1, 0.15) is 0 Å². The molecule has 1 heterocycles. The number of hydrogen-bond donors (Lipinski definition) is 2. The van der Waals surface area contributed by atoms with E-state index in [0.717, 1.165) is 26.1 Å². The summed E-state index contributed by atoms with van der Waals surface area (Å²) in [7, 11) is 0. The molecule has 2 amide bonds. The molecule has 4 heteroatoms. The van der Waals surface area contributed by atoms with E-state index >= 15 is 0 Å². The molecule has 1 atom stereocenters. The molecule has 0 aromatic carbocycles. The summed E-state index contributed by atoms with van der Waals surface area (Å²) in [6.45, 7) is 2.39. The zero-order valence-corrected chi connectivity index (χ0v) is 9.95. The lowest BCUT2D eigenvalue weighted by Crippen LogP contribution is -2.41. The van der Waals surface area contributed by atoms with Crippen LogP contribution in [0, 0.1) is 5.92 Å². The van der Waals surface area contributed by atoms with Gasteiger partial charge in [0, 0.05) is 25.7 Å². The van der Waals surface area contributed by atoms with Gasteiger partial charge in [-0.3, -0.25) is 0 Å². The van der Waals surface area contributed by atoms with E-state index in [4.69, 9.17) is 5.73 Å². The minimum absolute atomic E-state index is 0.0820. The Hall–Kier alpha value is -0.770. The minimum atomic E-state index is 0.0820. The third kappa shape index (κ3) is 3.11. The van der Waals surface area contributed by atoms with Crippen LogP contribution in [0.25, 0.3) is 0 Å². The number of nitrogens with two attached hydrogens (primary N) is 1. The van der Waals surface area contributed by atoms with Crippen LogP contribution in [0.5, 0.6) is 0 Å². The summed E-state index contributed by atoms with van der Waals surface area (Å²) < 4.78 is 0. The molecule has 2 aliphatic rings. The van der Waals surface area contributed by atoms with Gasteiger partial charge >= 0.3 is 6.03 Å². The number of carbonyl (C=O) groups excluding carboxylic acids is 1. The molecule has 16 heavy (non-hydrogen) atoms. The van der Waals surface area contributed by atoms with Crippen molar-refractivity contribution in [1.82, 2.24) is 10.2 Å². The maximum absolute atomic E-state index is 11.8. The van der Waals surface area contributed by atoms with Crippen LogP contribution in [0.3, 0.4) is 0 Å². The summed E-state index contributed by atoms with van der Waals surface area (Å²) in [6.07, 6.45) is 7.52. The number of likely N-dealkylation sites (tertiary alicyclic amines) is 1. The summed E-state index contributed by atoms with van der Waals surface area (Å²) in [5.74, 6) is 0.703. The second-order valence-electron chi connectivity index (χ2n) is 5.18. The summed E-state index contributed by atoms with van der Waals surface area (Å²) in [6, 6.07) is 0.263. The van der Waals surface area contributed by atoms with Gasteiger partial charge in [0.15, 0.2) is 0 Å². The second kappa shape index (κ2) is 5.53. The monoisotopic (exact) mass is 225 g/mol. The standard InChI is InChI=1S/C12H23N3O/c13-11-6-7-15(9-11)12(16)14-8-10-4-2-1-3-5-10/h10-11H,1-9,13H2,(H,14,16)/t11-/m0/s1. The molecule has 0 aromatic rings. The predicted octanol–water partition coefficient (Wildman–Crippen LogP) is 1.31. The normalized spacial score (nSPS) is 27.1. The highest BCUT2D eigenvalue weighted by Gasteiger charge is 2.24. The lowest BCUT2D eigenvalue weighted by molar-refractivity contribution is 0.204. The Morgan fingerprint density at radius 2 is 2.00 bits per heavy atom. The Labute approximate surface area is 97.6 Å². The fraction of sp³-hybridized carbons (Fsp3) is 0.917. The van der Waals surface area contributed by atoms with Crippen molar-refractivity contribution in [3.63, 3.8) is 0 Å². The van der Waals surface area contributed by atoms with E-state index in [9.17, 15) is 4.79 Å². The molecular weight excluding hydrogens is 202 g/mol. The van der Waals surface area contributed by atoms with Gasteiger partial charge in [-0.25, -0.2) is 4.79 Å². The first-order chi connectivity index (χ1) is 7.75. The number of urea groups is 1. The van der Waals surface area contributed by atoms with Crippen molar-refractivity contribution in [2.75, 3.05) is 19.6 Å². The Bertz CT molecular complexity index is 238. The molecule has 0 radical (unpaired) electrons. The van der Waals surface area contributed by atoms with Crippen LogP contribution in [0.15, 0.2) is 0 Å². The third-order valence-electron chi connectivity index (χ3n) is 3.78. The van der Waals surface area contributed by atoms with Crippen molar-refractivity contribution < 1.29 is 4.79 Å². The molecule has 1 aliphatic carbocycles. The Morgan fingerprint density at radius 3 is 2.62 bits per heavy atom. The SMILES string of the molecule is N[C@H]1CCN(C(=O)NCC2CCCCC2)C1. The van der Waals surface area contributed by atoms with E-state index in [1.165, 1.54) is 32.1 Å². The highest BCUT2D eigenvalue weighted by atomic mass is 16.2. The zero-order chi connectivity index (χ0) is 11.4. The van der Waals surface area contributed by atoms with E-state index in [-0.39, 0.29) is 12.1 Å². The number of carbonyl (C=O) groups is 1. The van der Waals surface area contributed by atoms with Crippen LogP contribution >= 0.6 is 0 Å². The van der Waals surface area contributed by atoms with E-state index in [1.54, 1.807) is 0 Å². The second-order valence-corrected chi connectivity index (χ2v) is 5.18. The molecule has 0 unspecified atom stereocenters. The number of nitrogens with one attached hydrogen (secondary N) is 1. The Balaban J connectivity index is 1.67. The van der Waals surface area contributed by atoms with Crippen LogP contribution in [0.2, 0.25) is 0 Å². The van der Waals surface area contributed by atoms with Crippen LogP contribution in [0.4, 0.5) is 4.79 Å². The van der Waals surface area contributed by atoms with Gasteiger partial charge in [-0.1, -0.05) is 19.3 Å². The molecule has 1 saturated heterocycles. The summed E-state index contributed by atoms with van der Waals surface area (Å²) in [4.78, 5) is 13.6. The van der Waals surface area contributed by atoms with Crippen molar-refractivity contribution in [2.45, 2.75) is 44.6 Å². The number of amides is 2. The van der Waals surface area contributed by atoms with E-state index < -0.39 is 0 Å². The number of rotatable bonds is 2. The largest absolute Gasteiger partial charge is 0.338 e. The maximum atomic E-state index is 11.8. The Kier molecular flexibility index (Phi) is 4.04. The number of nitrogens with zero attached hydrogens (tertiary/aromatic N) is 1. The minimum Gasteiger partial charge on any atom is -0.338 e. The topological polar surface area (TPSA) is 58.4 Å². The molecule has 92 valence electrons. The van der Waals surface area contributed by atoms with E-state index in [0.29, 0.717) is 5.92 Å². The first-order valence-electron chi connectivity index (χ1n) is 6.54. The van der Waals surface area contributed by atoms with Crippen molar-refractivity contribution >= 4 is 6.03 Å². The van der Waals surface area contributed by atoms with Gasteiger partial charge in [0.25, 0.3) is 0 Å². The van der Waals surface area contributed by atoms with Gasteiger partial charge in [0.2, 0.25) is 0 Å². The summed E-state index contributed by atoms with van der Waals surface area (Å²) >= 11 is 0. The molecular formula is C12H23N3O. The zero-order valence-electron chi connectivity index (χ0n) is 9.95. The fourth-order valence-corrected chi connectivity index (χ4v) is 2.71. The van der Waals surface area contributed by atoms with Crippen LogP contribution in [-0.2, 0) is 0 Å². The molecule has 0 bridgehead atoms. The summed E-state index contributed by atoms with van der Waals surface area (Å²) in [5.41, 5.74) is 5.78. The van der Waals surface area contributed by atoms with Gasteiger partial charge in [0.05, 0.1) is 0 Å². The molecule has 0 spiro atoms. The lowest BCUT2D eigenvalue weighted by atomic mass is 9.89. The smallest absolute Gasteiger partial charge is 0.317 e. The highest BCUT2D eigenvalue weighted by molar-refractivity contribution is 5.74. The van der Waals surface area contributed by atoms with Gasteiger partial charge < -0.3 is 16.0 Å². The highest BCUT2D eigenvalue weighted by Crippen LogP contribution is 2.22. The van der Waals surface area contributed by atoms with Crippen molar-refractivity contribution in [3.05, 3.63) is 0 Å². The molecule has 1 aliphatic heterocycles. The van der Waals surface area contributed by atoms with Crippen molar-refractivity contribution in [1.29, 1.82) is 0 Å². The van der Waals surface area contributed by atoms with E-state index in [2.05, 4.69) is 5.32 Å². The molecule has 4 nitrogen and oxygen atoms in total. The lowest BCUT2D eigenvalue weighted by Gasteiger charge is -2.23. The quantitative estimate of drug-likeness (QED) is 0.744. The van der Waals surface area contributed by atoms with Gasteiger partial charge in [-0.15, -0.1) is 0 Å². The van der Waals surface area contributed by atoms with Crippen molar-refractivity contribution in [3.8, 4) is 0 Å². The van der Waals surface area contributed by atoms with Gasteiger partial charge in [-0.05, 0) is 25.2 Å². The fourth-order valence-electron chi connectivity index (χ4n) is 2.71. The summed E-state index contributed by atoms with van der Waals surface area (Å²) in [5, 5.41) is 3.05. The van der Waals surface area contributed by atoms with Crippen LogP contribution < -0.4 is 11.1 Å². The first-order valence-corrected chi connectivity index (χ1v) is 6.54. The van der Waals surface area contributed by atoms with Crippen LogP contribution in [0.1, 0.15) is 38.5 Å². The average molecular weight is 225 g/mol. The van der Waals surface area contributed by atoms with E-state index in [1.807, 2.05) is 4.90 Å². The molecule has 2 fully saturated rings. The number of hydrogen-bond acceptors (Lipinski definition) is 2. The van der Waals surface area contributed by atoms with Crippen molar-refractivity contribution in [2.24, 2.45) is 11.7 Å². The van der Waals surface area contributed by atoms with Crippen LogP contribution in [-0.4, -0.2) is 36.6 Å².